The topological polar surface area (TPSA) is 17.8 Å². The number of pyridine rings is 1. The van der Waals surface area contributed by atoms with Crippen molar-refractivity contribution in [2.75, 3.05) is 0 Å². The Morgan fingerprint density at radius 1 is 1.43 bits per heavy atom. The number of hydrogen-bond acceptors (Lipinski definition) is 1. The van der Waals surface area contributed by atoms with Crippen molar-refractivity contribution in [1.29, 1.82) is 0 Å². The molecule has 2 rings (SSSR count). The van der Waals surface area contributed by atoms with E-state index < -0.39 is 0 Å². The molecule has 0 saturated carbocycles. The summed E-state index contributed by atoms with van der Waals surface area (Å²) in [5, 5.41) is 0. The van der Waals surface area contributed by atoms with Crippen molar-refractivity contribution >= 4 is 13.3 Å². The van der Waals surface area contributed by atoms with Gasteiger partial charge < -0.3 is 4.57 Å². The first kappa shape index (κ1) is 7.86. The molecular weight excluding hydrogens is 171 g/mol. The van der Waals surface area contributed by atoms with E-state index in [1.165, 1.54) is 0 Å². The molecule has 0 fully saturated rings. The lowest BCUT2D eigenvalue weighted by Gasteiger charge is -2.07. The second kappa shape index (κ2) is 3.33. The Kier molecular flexibility index (Phi) is 1.87. The van der Waals surface area contributed by atoms with Crippen LogP contribution in [0.3, 0.4) is 0 Å². The van der Waals surface area contributed by atoms with Crippen LogP contribution in [0.15, 0.2) is 30.4 Å². The van der Waals surface area contributed by atoms with Crippen LogP contribution in [0.2, 0.25) is 0 Å². The third kappa shape index (κ3) is 1.35. The molecule has 0 aliphatic carbocycles. The van der Waals surface area contributed by atoms with Crippen LogP contribution in [0.1, 0.15) is 12.8 Å². The van der Waals surface area contributed by atoms with Crippen LogP contribution >= 0.6 is 0 Å². The summed E-state index contributed by atoms with van der Waals surface area (Å²) in [4.78, 5) is 4.30. The number of aromatic nitrogens is 2. The predicted octanol–water partition coefficient (Wildman–Crippen LogP) is 0.748. The number of nitrogens with zero attached hydrogens (tertiary/aromatic N) is 2. The molecular formula is C11H13BN2. The molecule has 0 amide bonds. The molecule has 0 unspecified atom stereocenters. The van der Waals surface area contributed by atoms with Crippen molar-refractivity contribution in [2.24, 2.45) is 0 Å². The molecule has 14 heavy (non-hydrogen) atoms. The molecule has 0 saturated heterocycles. The van der Waals surface area contributed by atoms with Crippen molar-refractivity contribution in [3.63, 3.8) is 0 Å². The molecule has 0 N–H and O–H groups in total. The fraction of sp³-hybridized carbons (Fsp3) is 0.182. The van der Waals surface area contributed by atoms with E-state index in [2.05, 4.69) is 4.98 Å². The zero-order chi connectivity index (χ0) is 11.0. The van der Waals surface area contributed by atoms with Crippen molar-refractivity contribution in [1.82, 2.24) is 9.55 Å². The van der Waals surface area contributed by atoms with Crippen LogP contribution < -0.4 is 5.46 Å². The summed E-state index contributed by atoms with van der Waals surface area (Å²) in [5.41, 5.74) is 3.07. The Balaban J connectivity index is 2.69. The van der Waals surface area contributed by atoms with E-state index in [1.54, 1.807) is 6.20 Å². The zero-order valence-corrected chi connectivity index (χ0v) is 8.70. The highest BCUT2D eigenvalue weighted by molar-refractivity contribution is 6.33. The van der Waals surface area contributed by atoms with Gasteiger partial charge in [-0.2, -0.15) is 0 Å². The first-order chi connectivity index (χ1) is 7.13. The van der Waals surface area contributed by atoms with Gasteiger partial charge in [-0.25, -0.2) is 4.98 Å². The SMILES string of the molecule is [2H]c1c(B)c(C)n(-c2ccccn2)c1C. The molecule has 0 bridgehead atoms. The Labute approximate surface area is 86.4 Å². The summed E-state index contributed by atoms with van der Waals surface area (Å²) >= 11 is 0. The second-order valence-corrected chi connectivity index (χ2v) is 3.44. The summed E-state index contributed by atoms with van der Waals surface area (Å²) in [6.45, 7) is 3.98. The largest absolute Gasteiger partial charge is 0.304 e. The smallest absolute Gasteiger partial charge is 0.141 e. The van der Waals surface area contributed by atoms with E-state index in [9.17, 15) is 0 Å². The third-order valence-corrected chi connectivity index (χ3v) is 2.46. The Bertz CT molecular complexity index is 466. The van der Waals surface area contributed by atoms with Crippen molar-refractivity contribution in [3.8, 4) is 5.82 Å². The summed E-state index contributed by atoms with van der Waals surface area (Å²) in [6.07, 6.45) is 1.77. The first-order valence-electron chi connectivity index (χ1n) is 5.19. The number of rotatable bonds is 1. The normalized spacial score (nSPS) is 11.4. The lowest BCUT2D eigenvalue weighted by molar-refractivity contribution is 0.925. The minimum atomic E-state index is 0.609. The highest BCUT2D eigenvalue weighted by atomic mass is 15.1. The lowest BCUT2D eigenvalue weighted by Crippen LogP contribution is -2.07. The van der Waals surface area contributed by atoms with Crippen LogP contribution in [0, 0.1) is 13.8 Å². The maximum atomic E-state index is 7.91. The van der Waals surface area contributed by atoms with Gasteiger partial charge in [0, 0.05) is 17.6 Å². The highest BCUT2D eigenvalue weighted by Gasteiger charge is 2.06. The molecule has 0 aliphatic heterocycles. The van der Waals surface area contributed by atoms with Gasteiger partial charge in [0.05, 0.1) is 1.37 Å². The quantitative estimate of drug-likeness (QED) is 0.599. The third-order valence-electron chi connectivity index (χ3n) is 2.46. The van der Waals surface area contributed by atoms with Crippen LogP contribution in [0.4, 0.5) is 0 Å². The Morgan fingerprint density at radius 2 is 2.21 bits per heavy atom. The van der Waals surface area contributed by atoms with E-state index in [0.29, 0.717) is 6.04 Å². The molecule has 3 heteroatoms. The minimum Gasteiger partial charge on any atom is -0.304 e. The van der Waals surface area contributed by atoms with Crippen LogP contribution in [0.25, 0.3) is 5.82 Å². The van der Waals surface area contributed by atoms with Gasteiger partial charge in [-0.05, 0) is 32.0 Å². The molecule has 0 atom stereocenters. The van der Waals surface area contributed by atoms with Crippen LogP contribution in [-0.4, -0.2) is 17.4 Å². The Hall–Kier alpha value is -1.51. The molecule has 0 aromatic carbocycles. The molecule has 70 valence electrons. The predicted molar refractivity (Wildman–Crippen MR) is 61.2 cm³/mol. The Morgan fingerprint density at radius 3 is 2.71 bits per heavy atom. The summed E-state index contributed by atoms with van der Waals surface area (Å²) in [7, 11) is 1.98. The van der Waals surface area contributed by atoms with Crippen LogP contribution in [0.5, 0.6) is 0 Å². The molecule has 0 aliphatic rings. The molecule has 2 aromatic rings. The fourth-order valence-electron chi connectivity index (χ4n) is 1.67. The molecule has 0 radical (unpaired) electrons. The maximum Gasteiger partial charge on any atom is 0.141 e. The molecule has 2 aromatic heterocycles. The lowest BCUT2D eigenvalue weighted by atomic mass is 9.97. The van der Waals surface area contributed by atoms with Gasteiger partial charge in [-0.1, -0.05) is 11.5 Å². The fourth-order valence-corrected chi connectivity index (χ4v) is 1.67. The van der Waals surface area contributed by atoms with E-state index in [1.807, 2.05) is 44.5 Å². The van der Waals surface area contributed by atoms with Gasteiger partial charge in [0.15, 0.2) is 0 Å². The second-order valence-electron chi connectivity index (χ2n) is 3.44. The van der Waals surface area contributed by atoms with E-state index in [-0.39, 0.29) is 0 Å². The summed E-state index contributed by atoms with van der Waals surface area (Å²) < 4.78 is 9.93. The van der Waals surface area contributed by atoms with Gasteiger partial charge in [0.1, 0.15) is 13.7 Å². The van der Waals surface area contributed by atoms with E-state index in [4.69, 9.17) is 1.37 Å². The molecule has 0 spiro atoms. The maximum absolute atomic E-state index is 7.91. The standard InChI is InChI=1S/C11H13BN2/c1-8-7-10(12)9(2)14(8)11-5-3-4-6-13-11/h3-7H,12H2,1-2H3/i7D. The van der Waals surface area contributed by atoms with Gasteiger partial charge in [-0.15, -0.1) is 0 Å². The highest BCUT2D eigenvalue weighted by Crippen LogP contribution is 2.11. The van der Waals surface area contributed by atoms with Crippen molar-refractivity contribution in [3.05, 3.63) is 41.8 Å². The average molecular weight is 185 g/mol. The van der Waals surface area contributed by atoms with Gasteiger partial charge in [-0.3, -0.25) is 0 Å². The molecule has 2 nitrogen and oxygen atoms in total. The monoisotopic (exact) mass is 185 g/mol. The van der Waals surface area contributed by atoms with Crippen molar-refractivity contribution < 1.29 is 1.37 Å². The minimum absolute atomic E-state index is 0.609. The van der Waals surface area contributed by atoms with Gasteiger partial charge in [0.25, 0.3) is 0 Å². The average Bonchev–Trinajstić information content (AvgIpc) is 2.45. The van der Waals surface area contributed by atoms with Crippen LogP contribution in [-0.2, 0) is 0 Å². The van der Waals surface area contributed by atoms with Gasteiger partial charge in [0.2, 0.25) is 0 Å². The van der Waals surface area contributed by atoms with Gasteiger partial charge >= 0.3 is 0 Å². The molecule has 2 heterocycles. The van der Waals surface area contributed by atoms with Crippen molar-refractivity contribution in [2.45, 2.75) is 13.8 Å². The van der Waals surface area contributed by atoms with E-state index >= 15 is 0 Å². The van der Waals surface area contributed by atoms with E-state index in [0.717, 1.165) is 22.7 Å². The number of hydrogen-bond donors (Lipinski definition) is 0. The zero-order valence-electron chi connectivity index (χ0n) is 9.70. The first-order valence-corrected chi connectivity index (χ1v) is 4.69. The summed E-state index contributed by atoms with van der Waals surface area (Å²) in [6, 6.07) is 6.42. The summed E-state index contributed by atoms with van der Waals surface area (Å²) in [5.74, 6) is 0.883.